The number of amides is 2. The Bertz CT molecular complexity index is 1410. The van der Waals surface area contributed by atoms with E-state index in [1.165, 1.54) is 6.07 Å². The molecule has 3 saturated heterocycles. The maximum Gasteiger partial charge on any atom is 0.254 e. The summed E-state index contributed by atoms with van der Waals surface area (Å²) in [4.78, 5) is 34.1. The summed E-state index contributed by atoms with van der Waals surface area (Å²) >= 11 is 0. The van der Waals surface area contributed by atoms with Crippen molar-refractivity contribution >= 4 is 21.8 Å². The molecule has 3 aliphatic heterocycles. The molecular weight excluding hydrogens is 539 g/mol. The zero-order valence-electron chi connectivity index (χ0n) is 22.1. The normalized spacial score (nSPS) is 23.4. The Morgan fingerprint density at radius 1 is 0.950 bits per heavy atom. The number of likely N-dealkylation sites (tertiary alicyclic amines) is 2. The SMILES string of the molecule is NS(=O)(=O)c1ccc(C(=O)N2C[C@H]3CN(C(=O)c4cc(OCC5CCOCC5)nc(C5CC5)c4)C[C@@H]3C2)cc1F. The first-order chi connectivity index (χ1) is 19.2. The van der Waals surface area contributed by atoms with Crippen molar-refractivity contribution in [2.45, 2.75) is 36.5 Å². The zero-order valence-corrected chi connectivity index (χ0v) is 22.9. The van der Waals surface area contributed by atoms with Crippen molar-refractivity contribution in [3.05, 3.63) is 53.0 Å². The van der Waals surface area contributed by atoms with Crippen molar-refractivity contribution in [1.29, 1.82) is 0 Å². The molecule has 4 heterocycles. The van der Waals surface area contributed by atoms with Gasteiger partial charge in [0.2, 0.25) is 15.9 Å². The minimum absolute atomic E-state index is 0.0619. The molecule has 0 bridgehead atoms. The molecule has 1 aromatic heterocycles. The van der Waals surface area contributed by atoms with Crippen molar-refractivity contribution in [2.24, 2.45) is 22.9 Å². The molecule has 2 N–H and O–H groups in total. The Balaban J connectivity index is 1.10. The Morgan fingerprint density at radius 3 is 2.15 bits per heavy atom. The second-order valence-electron chi connectivity index (χ2n) is 11.4. The fourth-order valence-corrected chi connectivity index (χ4v) is 6.57. The number of carbonyl (C=O) groups excluding carboxylic acids is 2. The molecular formula is C28H33FN4O6S. The number of nitrogens with two attached hydrogens (primary N) is 1. The first-order valence-electron chi connectivity index (χ1n) is 13.8. The number of fused-ring (bicyclic) bond motifs is 1. The van der Waals surface area contributed by atoms with Gasteiger partial charge in [0.1, 0.15) is 10.7 Å². The standard InChI is InChI=1S/C28H33FN4O6S/c29-23-9-19(3-4-25(23)40(30,36)37)27(34)32-12-21-14-33(15-22(21)13-32)28(35)20-10-24(18-1-2-18)31-26(11-20)39-16-17-5-7-38-8-6-17/h3-4,9-11,17-18,21-22H,1-2,5-8,12-16H2,(H2,30,36,37)/t21-,22-/m0/s1. The van der Waals surface area contributed by atoms with Crippen LogP contribution < -0.4 is 9.88 Å². The predicted molar refractivity (Wildman–Crippen MR) is 142 cm³/mol. The van der Waals surface area contributed by atoms with E-state index in [-0.39, 0.29) is 29.2 Å². The van der Waals surface area contributed by atoms with Gasteiger partial charge in [-0.05, 0) is 55.9 Å². The van der Waals surface area contributed by atoms with Crippen LogP contribution in [0.5, 0.6) is 5.88 Å². The number of nitrogens with zero attached hydrogens (tertiary/aromatic N) is 3. The van der Waals surface area contributed by atoms with Gasteiger partial charge in [0.15, 0.2) is 0 Å². The molecule has 0 unspecified atom stereocenters. The van der Waals surface area contributed by atoms with Crippen LogP contribution in [0.2, 0.25) is 0 Å². The molecule has 2 aromatic rings. The summed E-state index contributed by atoms with van der Waals surface area (Å²) in [6, 6.07) is 6.84. The van der Waals surface area contributed by atoms with Gasteiger partial charge >= 0.3 is 0 Å². The van der Waals surface area contributed by atoms with Gasteiger partial charge in [0, 0.05) is 80.0 Å². The van der Waals surface area contributed by atoms with Crippen molar-refractivity contribution in [3.63, 3.8) is 0 Å². The molecule has 4 aliphatic rings. The van der Waals surface area contributed by atoms with Crippen molar-refractivity contribution < 1.29 is 31.9 Å². The molecule has 0 radical (unpaired) electrons. The van der Waals surface area contributed by atoms with Crippen molar-refractivity contribution in [1.82, 2.24) is 14.8 Å². The summed E-state index contributed by atoms with van der Waals surface area (Å²) in [7, 11) is -4.21. The Kier molecular flexibility index (Phi) is 7.26. The van der Waals surface area contributed by atoms with E-state index in [2.05, 4.69) is 0 Å². The minimum atomic E-state index is -4.21. The lowest BCUT2D eigenvalue weighted by Crippen LogP contribution is -2.35. The van der Waals surface area contributed by atoms with Crippen LogP contribution in [0.25, 0.3) is 0 Å². The molecule has 214 valence electrons. The third kappa shape index (κ3) is 5.70. The van der Waals surface area contributed by atoms with Gasteiger partial charge in [-0.15, -0.1) is 0 Å². The molecule has 1 aliphatic carbocycles. The Labute approximate surface area is 232 Å². The second-order valence-corrected chi connectivity index (χ2v) is 12.9. The number of ether oxygens (including phenoxy) is 2. The maximum absolute atomic E-state index is 14.3. The highest BCUT2D eigenvalue weighted by Gasteiger charge is 2.43. The molecule has 0 spiro atoms. The van der Waals surface area contributed by atoms with Crippen LogP contribution in [0.3, 0.4) is 0 Å². The van der Waals surface area contributed by atoms with Crippen LogP contribution in [-0.4, -0.2) is 81.0 Å². The lowest BCUT2D eigenvalue weighted by atomic mass is 10.0. The molecule has 2 amide bonds. The number of halogens is 1. The second kappa shape index (κ2) is 10.7. The van der Waals surface area contributed by atoms with Crippen molar-refractivity contribution in [2.75, 3.05) is 46.0 Å². The van der Waals surface area contributed by atoms with Crippen molar-refractivity contribution in [3.8, 4) is 5.88 Å². The molecule has 2 atom stereocenters. The largest absolute Gasteiger partial charge is 0.477 e. The van der Waals surface area contributed by atoms with E-state index < -0.39 is 20.7 Å². The molecule has 10 nitrogen and oxygen atoms in total. The first-order valence-corrected chi connectivity index (χ1v) is 15.3. The maximum atomic E-state index is 14.3. The van der Waals surface area contributed by atoms with Crippen LogP contribution in [0.4, 0.5) is 4.39 Å². The van der Waals surface area contributed by atoms with E-state index in [1.807, 2.05) is 11.0 Å². The Morgan fingerprint density at radius 2 is 1.57 bits per heavy atom. The number of pyridine rings is 1. The molecule has 40 heavy (non-hydrogen) atoms. The van der Waals surface area contributed by atoms with E-state index in [9.17, 15) is 22.4 Å². The van der Waals surface area contributed by atoms with Gasteiger partial charge in [-0.1, -0.05) is 0 Å². The van der Waals surface area contributed by atoms with Gasteiger partial charge in [0.05, 0.1) is 6.61 Å². The van der Waals surface area contributed by atoms with Crippen LogP contribution in [0.1, 0.15) is 58.0 Å². The summed E-state index contributed by atoms with van der Waals surface area (Å²) in [6.45, 7) is 3.97. The average Bonchev–Trinajstić information content (AvgIpc) is 3.60. The van der Waals surface area contributed by atoms with Gasteiger partial charge in [-0.2, -0.15) is 0 Å². The predicted octanol–water partition coefficient (Wildman–Crippen LogP) is 2.40. The van der Waals surface area contributed by atoms with E-state index in [0.29, 0.717) is 56.1 Å². The third-order valence-corrected chi connectivity index (χ3v) is 9.36. The van der Waals surface area contributed by atoms with E-state index in [0.717, 1.165) is 56.7 Å². The number of hydrogen-bond acceptors (Lipinski definition) is 7. The minimum Gasteiger partial charge on any atom is -0.477 e. The number of hydrogen-bond donors (Lipinski definition) is 1. The topological polar surface area (TPSA) is 132 Å². The van der Waals surface area contributed by atoms with E-state index in [4.69, 9.17) is 19.6 Å². The monoisotopic (exact) mass is 572 g/mol. The highest BCUT2D eigenvalue weighted by Crippen LogP contribution is 2.40. The lowest BCUT2D eigenvalue weighted by molar-refractivity contribution is 0.0490. The molecule has 1 aromatic carbocycles. The Hall–Kier alpha value is -3.09. The summed E-state index contributed by atoms with van der Waals surface area (Å²) in [5.41, 5.74) is 1.55. The number of benzene rings is 1. The first kappa shape index (κ1) is 27.1. The number of carbonyl (C=O) groups is 2. The number of rotatable bonds is 7. The molecule has 1 saturated carbocycles. The summed E-state index contributed by atoms with van der Waals surface area (Å²) in [5, 5.41) is 5.02. The van der Waals surface area contributed by atoms with Gasteiger partial charge in [-0.3, -0.25) is 9.59 Å². The van der Waals surface area contributed by atoms with Gasteiger partial charge in [0.25, 0.3) is 11.8 Å². The highest BCUT2D eigenvalue weighted by molar-refractivity contribution is 7.89. The average molecular weight is 573 g/mol. The molecule has 6 rings (SSSR count). The number of aromatic nitrogens is 1. The quantitative estimate of drug-likeness (QED) is 0.539. The fourth-order valence-electron chi connectivity index (χ4n) is 5.98. The van der Waals surface area contributed by atoms with Crippen LogP contribution in [0.15, 0.2) is 35.2 Å². The number of sulfonamides is 1. The molecule has 12 heteroatoms. The summed E-state index contributed by atoms with van der Waals surface area (Å²) < 4.78 is 48.7. The van der Waals surface area contributed by atoms with Gasteiger partial charge < -0.3 is 19.3 Å². The third-order valence-electron chi connectivity index (χ3n) is 8.42. The summed E-state index contributed by atoms with van der Waals surface area (Å²) in [6.07, 6.45) is 4.05. The molecule has 4 fully saturated rings. The van der Waals surface area contributed by atoms with E-state index in [1.54, 1.807) is 11.0 Å². The summed E-state index contributed by atoms with van der Waals surface area (Å²) in [5.74, 6) is 0.0193. The van der Waals surface area contributed by atoms with Crippen LogP contribution in [0, 0.1) is 23.6 Å². The highest BCUT2D eigenvalue weighted by atomic mass is 32.2. The smallest absolute Gasteiger partial charge is 0.254 e. The zero-order chi connectivity index (χ0) is 28.0. The lowest BCUT2D eigenvalue weighted by Gasteiger charge is -2.23. The fraction of sp³-hybridized carbons (Fsp3) is 0.536. The van der Waals surface area contributed by atoms with E-state index >= 15 is 0 Å². The van der Waals surface area contributed by atoms with Crippen LogP contribution >= 0.6 is 0 Å². The van der Waals surface area contributed by atoms with Gasteiger partial charge in [-0.25, -0.2) is 22.9 Å². The number of primary sulfonamides is 1. The van der Waals surface area contributed by atoms with Crippen LogP contribution in [-0.2, 0) is 14.8 Å².